The number of ketones is 1. The molecule has 150 valence electrons. The average molecular weight is 404 g/mol. The molecule has 2 heterocycles. The quantitative estimate of drug-likeness (QED) is 0.446. The molecule has 3 nitrogen and oxygen atoms in total. The van der Waals surface area contributed by atoms with Crippen molar-refractivity contribution in [2.24, 2.45) is 0 Å². The van der Waals surface area contributed by atoms with Crippen LogP contribution in [0.15, 0.2) is 90.6 Å². The predicted molar refractivity (Wildman–Crippen MR) is 125 cm³/mol. The molecule has 0 saturated carbocycles. The molecule has 0 bridgehead atoms. The van der Waals surface area contributed by atoms with E-state index in [2.05, 4.69) is 77.0 Å². The molecule has 1 unspecified atom stereocenters. The van der Waals surface area contributed by atoms with E-state index in [-0.39, 0.29) is 11.8 Å². The molecule has 0 spiro atoms. The Bertz CT molecular complexity index is 1340. The number of aromatic nitrogens is 1. The third-order valence-corrected chi connectivity index (χ3v) is 6.54. The minimum atomic E-state index is -0.106. The number of carbonyl (C=O) groups is 1. The summed E-state index contributed by atoms with van der Waals surface area (Å²) in [6, 6.07) is 27.4. The van der Waals surface area contributed by atoms with Crippen LogP contribution in [0.4, 0.5) is 5.69 Å². The second kappa shape index (κ2) is 7.21. The fourth-order valence-electron chi connectivity index (χ4n) is 5.08. The molecule has 3 aromatic carbocycles. The summed E-state index contributed by atoms with van der Waals surface area (Å²) in [5.41, 5.74) is 9.08. The molecule has 4 aromatic rings. The van der Waals surface area contributed by atoms with Crippen LogP contribution >= 0.6 is 0 Å². The van der Waals surface area contributed by atoms with Crippen molar-refractivity contribution in [3.8, 4) is 11.1 Å². The van der Waals surface area contributed by atoms with Crippen LogP contribution in [0.25, 0.3) is 27.6 Å². The fourth-order valence-corrected chi connectivity index (χ4v) is 5.08. The smallest absolute Gasteiger partial charge is 0.211 e. The summed E-state index contributed by atoms with van der Waals surface area (Å²) >= 11 is 0. The summed E-state index contributed by atoms with van der Waals surface area (Å²) in [6.07, 6.45) is 4.45. The number of rotatable bonds is 2. The van der Waals surface area contributed by atoms with E-state index in [4.69, 9.17) is 0 Å². The Labute approximate surface area is 181 Å². The minimum absolute atomic E-state index is 0.106. The number of hydrogen-bond acceptors (Lipinski definition) is 2. The van der Waals surface area contributed by atoms with Gasteiger partial charge in [0.15, 0.2) is 12.0 Å². The molecule has 6 rings (SSSR count). The molecule has 31 heavy (non-hydrogen) atoms. The van der Waals surface area contributed by atoms with Gasteiger partial charge in [0.2, 0.25) is 5.52 Å². The maximum atomic E-state index is 13.1. The third-order valence-electron chi connectivity index (χ3n) is 6.54. The van der Waals surface area contributed by atoms with Crippen LogP contribution in [0, 0.1) is 0 Å². The largest absolute Gasteiger partial charge is 0.373 e. The van der Waals surface area contributed by atoms with Gasteiger partial charge in [0.05, 0.1) is 11.4 Å². The standard InChI is InChI=1S/C28H22N2O/c31-25-10-4-8-22-26-21-9-5-17-29-23(21)15-16-24(26)30-28(27(22)25)20-13-11-19(12-14-20)18-6-2-1-3-7-18/h1-3,5-7,9,11-17,28,30H,4,8,10H2/p+1. The lowest BCUT2D eigenvalue weighted by Gasteiger charge is -2.34. The first kappa shape index (κ1) is 18.1. The van der Waals surface area contributed by atoms with E-state index >= 15 is 0 Å². The molecular formula is C28H23N2O+. The van der Waals surface area contributed by atoms with Crippen LogP contribution in [-0.4, -0.2) is 5.78 Å². The predicted octanol–water partition coefficient (Wildman–Crippen LogP) is 5.99. The Hall–Kier alpha value is -3.72. The van der Waals surface area contributed by atoms with Crippen molar-refractivity contribution in [3.05, 3.63) is 102 Å². The summed E-state index contributed by atoms with van der Waals surface area (Å²) in [5.74, 6) is 0.272. The zero-order valence-corrected chi connectivity index (χ0v) is 17.2. The lowest BCUT2D eigenvalue weighted by Crippen LogP contribution is -2.27. The highest BCUT2D eigenvalue weighted by Gasteiger charge is 2.35. The SMILES string of the molecule is O=C1CCCC2=C1C(c1ccc(-c3ccccc3)cc1)Nc1ccc3[nH+]cccc3c12. The maximum absolute atomic E-state index is 13.1. The molecule has 0 radical (unpaired) electrons. The van der Waals surface area contributed by atoms with Gasteiger partial charge in [0.25, 0.3) is 0 Å². The van der Waals surface area contributed by atoms with Crippen LogP contribution < -0.4 is 10.3 Å². The van der Waals surface area contributed by atoms with Gasteiger partial charge < -0.3 is 5.32 Å². The number of anilines is 1. The number of allylic oxidation sites excluding steroid dienone is 1. The van der Waals surface area contributed by atoms with Crippen molar-refractivity contribution in [2.45, 2.75) is 25.3 Å². The van der Waals surface area contributed by atoms with Gasteiger partial charge in [0.1, 0.15) is 0 Å². The van der Waals surface area contributed by atoms with Gasteiger partial charge in [0, 0.05) is 35.4 Å². The fraction of sp³-hybridized carbons (Fsp3) is 0.143. The van der Waals surface area contributed by atoms with Crippen LogP contribution in [-0.2, 0) is 4.79 Å². The molecular weight excluding hydrogens is 380 g/mol. The van der Waals surface area contributed by atoms with Gasteiger partial charge in [-0.15, -0.1) is 0 Å². The number of H-pyrrole nitrogens is 1. The molecule has 1 aliphatic heterocycles. The van der Waals surface area contributed by atoms with E-state index in [1.165, 1.54) is 27.6 Å². The number of fused-ring (bicyclic) bond motifs is 4. The number of benzene rings is 3. The Kier molecular flexibility index (Phi) is 4.20. The molecule has 0 fully saturated rings. The Morgan fingerprint density at radius 2 is 1.61 bits per heavy atom. The number of carbonyl (C=O) groups excluding carboxylic acids is 1. The van der Waals surface area contributed by atoms with Gasteiger partial charge in [-0.2, -0.15) is 0 Å². The minimum Gasteiger partial charge on any atom is -0.373 e. The van der Waals surface area contributed by atoms with Gasteiger partial charge >= 0.3 is 0 Å². The van der Waals surface area contributed by atoms with Crippen LogP contribution in [0.2, 0.25) is 0 Å². The monoisotopic (exact) mass is 403 g/mol. The molecule has 3 heteroatoms. The molecule has 0 saturated heterocycles. The number of aromatic amines is 1. The van der Waals surface area contributed by atoms with E-state index in [0.29, 0.717) is 6.42 Å². The normalized spacial score (nSPS) is 17.8. The Morgan fingerprint density at radius 3 is 2.45 bits per heavy atom. The van der Waals surface area contributed by atoms with Crippen molar-refractivity contribution in [1.29, 1.82) is 0 Å². The number of Topliss-reactive ketones (excluding diaryl/α,β-unsaturated/α-hetero) is 1. The van der Waals surface area contributed by atoms with Crippen molar-refractivity contribution in [3.63, 3.8) is 0 Å². The number of nitrogens with one attached hydrogen (secondary N) is 2. The highest BCUT2D eigenvalue weighted by atomic mass is 16.1. The topological polar surface area (TPSA) is 43.2 Å². The van der Waals surface area contributed by atoms with E-state index in [1.807, 2.05) is 18.3 Å². The van der Waals surface area contributed by atoms with Crippen molar-refractivity contribution in [1.82, 2.24) is 0 Å². The van der Waals surface area contributed by atoms with Crippen LogP contribution in [0.1, 0.15) is 36.4 Å². The first-order valence-electron chi connectivity index (χ1n) is 10.9. The average Bonchev–Trinajstić information content (AvgIpc) is 2.84. The van der Waals surface area contributed by atoms with E-state index in [0.717, 1.165) is 35.2 Å². The second-order valence-electron chi connectivity index (χ2n) is 8.35. The lowest BCUT2D eigenvalue weighted by molar-refractivity contribution is -0.344. The van der Waals surface area contributed by atoms with Gasteiger partial charge in [-0.1, -0.05) is 54.6 Å². The third kappa shape index (κ3) is 2.97. The highest BCUT2D eigenvalue weighted by molar-refractivity contribution is 6.11. The van der Waals surface area contributed by atoms with Crippen LogP contribution in [0.5, 0.6) is 0 Å². The number of pyridine rings is 1. The van der Waals surface area contributed by atoms with Crippen molar-refractivity contribution in [2.75, 3.05) is 5.32 Å². The molecule has 1 aromatic heterocycles. The van der Waals surface area contributed by atoms with Crippen molar-refractivity contribution < 1.29 is 9.78 Å². The van der Waals surface area contributed by atoms with Gasteiger partial charge in [-0.25, -0.2) is 4.98 Å². The lowest BCUT2D eigenvalue weighted by atomic mass is 9.77. The molecule has 2 aliphatic rings. The maximum Gasteiger partial charge on any atom is 0.211 e. The van der Waals surface area contributed by atoms with Crippen molar-refractivity contribution >= 4 is 27.9 Å². The first-order chi connectivity index (χ1) is 15.3. The van der Waals surface area contributed by atoms with E-state index in [1.54, 1.807) is 0 Å². The Morgan fingerprint density at radius 1 is 0.806 bits per heavy atom. The molecule has 1 aliphatic carbocycles. The van der Waals surface area contributed by atoms with Gasteiger partial charge in [-0.3, -0.25) is 4.79 Å². The van der Waals surface area contributed by atoms with Gasteiger partial charge in [-0.05, 0) is 47.2 Å². The molecule has 1 atom stereocenters. The Balaban J connectivity index is 1.49. The zero-order valence-electron chi connectivity index (χ0n) is 17.2. The first-order valence-corrected chi connectivity index (χ1v) is 10.9. The second-order valence-corrected chi connectivity index (χ2v) is 8.35. The highest BCUT2D eigenvalue weighted by Crippen LogP contribution is 2.47. The molecule has 2 N–H and O–H groups in total. The summed E-state index contributed by atoms with van der Waals surface area (Å²) in [7, 11) is 0. The van der Waals surface area contributed by atoms with E-state index in [9.17, 15) is 4.79 Å². The summed E-state index contributed by atoms with van der Waals surface area (Å²) in [4.78, 5) is 16.5. The van der Waals surface area contributed by atoms with Crippen LogP contribution in [0.3, 0.4) is 0 Å². The summed E-state index contributed by atoms with van der Waals surface area (Å²) in [6.45, 7) is 0. The van der Waals surface area contributed by atoms with E-state index < -0.39 is 0 Å². The molecule has 0 amide bonds. The summed E-state index contributed by atoms with van der Waals surface area (Å²) < 4.78 is 0. The number of hydrogen-bond donors (Lipinski definition) is 1. The zero-order chi connectivity index (χ0) is 20.8. The summed E-state index contributed by atoms with van der Waals surface area (Å²) in [5, 5.41) is 4.88.